The van der Waals surface area contributed by atoms with E-state index in [1.807, 2.05) is 13.0 Å². The van der Waals surface area contributed by atoms with Gasteiger partial charge < -0.3 is 5.73 Å². The monoisotopic (exact) mass is 192 g/mol. The quantitative estimate of drug-likeness (QED) is 0.519. The summed E-state index contributed by atoms with van der Waals surface area (Å²) in [6.45, 7) is 2.00. The molecule has 2 rings (SSSR count). The van der Waals surface area contributed by atoms with Gasteiger partial charge in [0.05, 0.1) is 5.84 Å². The fourth-order valence-electron chi connectivity index (χ4n) is 2.21. The van der Waals surface area contributed by atoms with E-state index in [4.69, 9.17) is 11.1 Å². The molecule has 0 bridgehead atoms. The summed E-state index contributed by atoms with van der Waals surface area (Å²) in [5.74, 6) is 0.131. The first-order valence-corrected chi connectivity index (χ1v) is 4.72. The molecule has 0 aromatic heterocycles. The van der Waals surface area contributed by atoms with Crippen LogP contribution in [0.1, 0.15) is 24.0 Å². The molecule has 0 radical (unpaired) electrons. The Balaban J connectivity index is 2.45. The Morgan fingerprint density at radius 2 is 2.29 bits per heavy atom. The van der Waals surface area contributed by atoms with E-state index in [-0.39, 0.29) is 23.5 Å². The highest BCUT2D eigenvalue weighted by Crippen LogP contribution is 2.38. The van der Waals surface area contributed by atoms with Crippen molar-refractivity contribution >= 4 is 5.84 Å². The summed E-state index contributed by atoms with van der Waals surface area (Å²) in [5.41, 5.74) is 7.22. The van der Waals surface area contributed by atoms with Crippen LogP contribution in [0.5, 0.6) is 0 Å². The molecule has 0 fully saturated rings. The van der Waals surface area contributed by atoms with Crippen LogP contribution in [0.15, 0.2) is 18.2 Å². The Labute approximate surface area is 82.4 Å². The van der Waals surface area contributed by atoms with Gasteiger partial charge in [-0.15, -0.1) is 0 Å². The number of amidine groups is 1. The topological polar surface area (TPSA) is 49.9 Å². The zero-order valence-electron chi connectivity index (χ0n) is 8.05. The minimum absolute atomic E-state index is 0.0260. The summed E-state index contributed by atoms with van der Waals surface area (Å²) < 4.78 is 13.4. The van der Waals surface area contributed by atoms with E-state index in [0.717, 1.165) is 11.1 Å². The fraction of sp³-hybridized carbons (Fsp3) is 0.364. The molecule has 0 saturated heterocycles. The maximum atomic E-state index is 13.4. The van der Waals surface area contributed by atoms with Crippen molar-refractivity contribution in [2.45, 2.75) is 19.3 Å². The molecule has 3 heteroatoms. The van der Waals surface area contributed by atoms with Gasteiger partial charge in [0, 0.05) is 5.92 Å². The summed E-state index contributed by atoms with van der Waals surface area (Å²) in [7, 11) is 0. The first-order chi connectivity index (χ1) is 6.61. The van der Waals surface area contributed by atoms with Crippen molar-refractivity contribution in [3.8, 4) is 0 Å². The Bertz CT molecular complexity index is 387. The van der Waals surface area contributed by atoms with Crippen LogP contribution in [-0.4, -0.2) is 5.84 Å². The second-order valence-electron chi connectivity index (χ2n) is 3.86. The molecule has 1 aromatic rings. The minimum atomic E-state index is -0.168. The second kappa shape index (κ2) is 3.08. The van der Waals surface area contributed by atoms with Gasteiger partial charge >= 0.3 is 0 Å². The molecule has 0 spiro atoms. The summed E-state index contributed by atoms with van der Waals surface area (Å²) >= 11 is 0. The molecule has 2 nitrogen and oxygen atoms in total. The van der Waals surface area contributed by atoms with Crippen LogP contribution in [0.3, 0.4) is 0 Å². The van der Waals surface area contributed by atoms with Crippen LogP contribution in [0.25, 0.3) is 0 Å². The number of nitrogens with one attached hydrogen (secondary N) is 1. The predicted octanol–water partition coefficient (Wildman–Crippen LogP) is 2.04. The maximum absolute atomic E-state index is 13.4. The van der Waals surface area contributed by atoms with E-state index in [1.54, 1.807) is 6.07 Å². The van der Waals surface area contributed by atoms with Crippen LogP contribution in [0.2, 0.25) is 0 Å². The van der Waals surface area contributed by atoms with Gasteiger partial charge in [-0.1, -0.05) is 19.1 Å². The Hall–Kier alpha value is -1.38. The fourth-order valence-corrected chi connectivity index (χ4v) is 2.21. The van der Waals surface area contributed by atoms with E-state index in [1.165, 1.54) is 6.07 Å². The van der Waals surface area contributed by atoms with Gasteiger partial charge in [-0.2, -0.15) is 0 Å². The smallest absolute Gasteiger partial charge is 0.126 e. The Kier molecular flexibility index (Phi) is 2.02. The average molecular weight is 192 g/mol. The van der Waals surface area contributed by atoms with E-state index in [2.05, 4.69) is 0 Å². The summed E-state index contributed by atoms with van der Waals surface area (Å²) in [4.78, 5) is 0. The van der Waals surface area contributed by atoms with Crippen LogP contribution < -0.4 is 5.73 Å². The highest BCUT2D eigenvalue weighted by atomic mass is 19.1. The van der Waals surface area contributed by atoms with Crippen molar-refractivity contribution in [2.24, 2.45) is 11.7 Å². The predicted molar refractivity (Wildman–Crippen MR) is 53.9 cm³/mol. The normalized spacial score (nSPS) is 24.7. The highest BCUT2D eigenvalue weighted by molar-refractivity contribution is 5.82. The molecule has 0 aliphatic heterocycles. The number of halogens is 1. The molecule has 2 unspecified atom stereocenters. The number of nitrogens with two attached hydrogens (primary N) is 1. The molecule has 0 heterocycles. The molecular weight excluding hydrogens is 179 g/mol. The number of fused-ring (bicyclic) bond motifs is 1. The van der Waals surface area contributed by atoms with Gasteiger partial charge in [0.1, 0.15) is 5.82 Å². The summed E-state index contributed by atoms with van der Waals surface area (Å²) in [5, 5.41) is 7.42. The third-order valence-corrected chi connectivity index (χ3v) is 3.07. The van der Waals surface area contributed by atoms with Gasteiger partial charge in [-0.3, -0.25) is 5.41 Å². The third kappa shape index (κ3) is 1.20. The van der Waals surface area contributed by atoms with Crippen LogP contribution in [0.4, 0.5) is 4.39 Å². The molecule has 1 aliphatic carbocycles. The third-order valence-electron chi connectivity index (χ3n) is 3.07. The van der Waals surface area contributed by atoms with Gasteiger partial charge in [0.2, 0.25) is 0 Å². The molecule has 1 aliphatic rings. The van der Waals surface area contributed by atoms with Crippen molar-refractivity contribution in [2.75, 3.05) is 0 Å². The summed E-state index contributed by atoms with van der Waals surface area (Å²) in [6, 6.07) is 5.10. The van der Waals surface area contributed by atoms with E-state index in [0.29, 0.717) is 6.42 Å². The molecular formula is C11H13FN2. The summed E-state index contributed by atoms with van der Waals surface area (Å²) in [6.07, 6.45) is 0.568. The van der Waals surface area contributed by atoms with Crippen molar-refractivity contribution in [3.63, 3.8) is 0 Å². The molecule has 74 valence electrons. The van der Waals surface area contributed by atoms with Gasteiger partial charge in [-0.25, -0.2) is 4.39 Å². The van der Waals surface area contributed by atoms with Crippen LogP contribution in [-0.2, 0) is 6.42 Å². The molecule has 1 aromatic carbocycles. The molecule has 2 atom stereocenters. The van der Waals surface area contributed by atoms with Crippen molar-refractivity contribution in [1.82, 2.24) is 0 Å². The van der Waals surface area contributed by atoms with E-state index < -0.39 is 0 Å². The minimum Gasteiger partial charge on any atom is -0.387 e. The van der Waals surface area contributed by atoms with Crippen molar-refractivity contribution < 1.29 is 4.39 Å². The zero-order chi connectivity index (χ0) is 10.3. The second-order valence-corrected chi connectivity index (χ2v) is 3.86. The number of benzene rings is 1. The Morgan fingerprint density at radius 3 is 2.86 bits per heavy atom. The van der Waals surface area contributed by atoms with Gasteiger partial charge in [0.25, 0.3) is 0 Å². The number of hydrogen-bond donors (Lipinski definition) is 2. The number of hydrogen-bond acceptors (Lipinski definition) is 1. The van der Waals surface area contributed by atoms with E-state index in [9.17, 15) is 4.39 Å². The first-order valence-electron chi connectivity index (χ1n) is 4.72. The lowest BCUT2D eigenvalue weighted by Crippen LogP contribution is -2.24. The van der Waals surface area contributed by atoms with Crippen LogP contribution in [0, 0.1) is 17.1 Å². The average Bonchev–Trinajstić information content (AvgIpc) is 2.46. The maximum Gasteiger partial charge on any atom is 0.126 e. The highest BCUT2D eigenvalue weighted by Gasteiger charge is 2.32. The molecule has 0 amide bonds. The van der Waals surface area contributed by atoms with Crippen LogP contribution >= 0.6 is 0 Å². The largest absolute Gasteiger partial charge is 0.387 e. The standard InChI is InChI=1S/C11H13FN2/c1-6-7-3-2-4-10(12)9(7)5-8(6)11(13)14/h2-4,6,8H,5H2,1H3,(H3,13,14). The zero-order valence-corrected chi connectivity index (χ0v) is 8.05. The molecule has 14 heavy (non-hydrogen) atoms. The molecule has 0 saturated carbocycles. The Morgan fingerprint density at radius 1 is 1.57 bits per heavy atom. The number of rotatable bonds is 1. The van der Waals surface area contributed by atoms with E-state index >= 15 is 0 Å². The van der Waals surface area contributed by atoms with Gasteiger partial charge in [0.15, 0.2) is 0 Å². The lowest BCUT2D eigenvalue weighted by Gasteiger charge is -2.13. The van der Waals surface area contributed by atoms with Gasteiger partial charge in [-0.05, 0) is 29.5 Å². The SMILES string of the molecule is CC1c2cccc(F)c2CC1C(=N)N. The first kappa shape index (κ1) is 9.19. The van der Waals surface area contributed by atoms with Crippen molar-refractivity contribution in [3.05, 3.63) is 35.1 Å². The van der Waals surface area contributed by atoms with Crippen molar-refractivity contribution in [1.29, 1.82) is 5.41 Å². The lowest BCUT2D eigenvalue weighted by molar-refractivity contribution is 0.594. The lowest BCUT2D eigenvalue weighted by atomic mass is 9.94. The molecule has 3 N–H and O–H groups in total.